The predicted octanol–water partition coefficient (Wildman–Crippen LogP) is 5.04. The van der Waals surface area contributed by atoms with Crippen molar-refractivity contribution >= 4 is 11.9 Å². The average molecular weight is 456 g/mol. The number of nitriles is 1. The molecule has 3 aromatic rings. The van der Waals surface area contributed by atoms with Crippen LogP contribution in [0.5, 0.6) is 0 Å². The molecule has 1 saturated heterocycles. The zero-order valence-electron chi connectivity index (χ0n) is 19.5. The summed E-state index contributed by atoms with van der Waals surface area (Å²) in [5.74, 6) is 1.31. The van der Waals surface area contributed by atoms with Gasteiger partial charge in [0.1, 0.15) is 0 Å². The molecule has 0 atom stereocenters. The van der Waals surface area contributed by atoms with E-state index in [1.54, 1.807) is 0 Å². The van der Waals surface area contributed by atoms with E-state index in [4.69, 9.17) is 15.4 Å². The van der Waals surface area contributed by atoms with E-state index in [2.05, 4.69) is 29.3 Å². The Morgan fingerprint density at radius 3 is 2.41 bits per heavy atom. The smallest absolute Gasteiger partial charge is 0.313 e. The molecule has 2 heterocycles. The average Bonchev–Trinajstić information content (AvgIpc) is 3.28. The SMILES string of the molecule is CCc1cc(C2CCC2)c(-c2nnc(N)o2)cc1C(=O)N1CCC(c2ccc(C#N)cc2)CC1. The maximum atomic E-state index is 13.7. The first-order valence-corrected chi connectivity index (χ1v) is 12.1. The first-order valence-electron chi connectivity index (χ1n) is 12.1. The Labute approximate surface area is 199 Å². The molecule has 1 saturated carbocycles. The molecule has 1 amide bonds. The molecule has 2 N–H and O–H groups in total. The number of nitrogens with two attached hydrogens (primary N) is 1. The second kappa shape index (κ2) is 9.30. The number of hydrogen-bond donors (Lipinski definition) is 1. The normalized spacial score (nSPS) is 16.8. The van der Waals surface area contributed by atoms with E-state index in [0.29, 0.717) is 41.9 Å². The number of hydrogen-bond acceptors (Lipinski definition) is 6. The highest BCUT2D eigenvalue weighted by atomic mass is 16.4. The summed E-state index contributed by atoms with van der Waals surface area (Å²) in [6.07, 6.45) is 6.09. The van der Waals surface area contributed by atoms with Crippen LogP contribution < -0.4 is 5.73 Å². The molecule has 34 heavy (non-hydrogen) atoms. The monoisotopic (exact) mass is 455 g/mol. The molecule has 2 aromatic carbocycles. The number of carbonyl (C=O) groups excluding carboxylic acids is 1. The van der Waals surface area contributed by atoms with Gasteiger partial charge in [-0.05, 0) is 78.8 Å². The number of likely N-dealkylation sites (tertiary alicyclic amines) is 1. The Balaban J connectivity index is 1.39. The van der Waals surface area contributed by atoms with Crippen molar-refractivity contribution < 1.29 is 9.21 Å². The Bertz CT molecular complexity index is 1230. The van der Waals surface area contributed by atoms with E-state index >= 15 is 0 Å². The maximum absolute atomic E-state index is 13.7. The number of amides is 1. The van der Waals surface area contributed by atoms with E-state index < -0.39 is 0 Å². The van der Waals surface area contributed by atoms with Gasteiger partial charge in [0.15, 0.2) is 0 Å². The number of nitrogens with zero attached hydrogens (tertiary/aromatic N) is 4. The third-order valence-corrected chi connectivity index (χ3v) is 7.40. The van der Waals surface area contributed by atoms with Gasteiger partial charge in [-0.15, -0.1) is 5.10 Å². The van der Waals surface area contributed by atoms with Gasteiger partial charge >= 0.3 is 6.01 Å². The lowest BCUT2D eigenvalue weighted by molar-refractivity contribution is 0.0712. The second-order valence-corrected chi connectivity index (χ2v) is 9.32. The molecule has 2 fully saturated rings. The van der Waals surface area contributed by atoms with Gasteiger partial charge in [-0.3, -0.25) is 4.79 Å². The van der Waals surface area contributed by atoms with Crippen LogP contribution in [0.1, 0.15) is 83.5 Å². The van der Waals surface area contributed by atoms with Gasteiger partial charge < -0.3 is 15.1 Å². The Morgan fingerprint density at radius 1 is 1.12 bits per heavy atom. The van der Waals surface area contributed by atoms with E-state index in [0.717, 1.165) is 43.2 Å². The largest absolute Gasteiger partial charge is 0.404 e. The summed E-state index contributed by atoms with van der Waals surface area (Å²) in [4.78, 5) is 15.6. The minimum atomic E-state index is 0.0341. The quantitative estimate of drug-likeness (QED) is 0.577. The number of piperidine rings is 1. The molecule has 1 aromatic heterocycles. The highest BCUT2D eigenvalue weighted by Crippen LogP contribution is 2.42. The zero-order valence-corrected chi connectivity index (χ0v) is 19.5. The van der Waals surface area contributed by atoms with Crippen LogP contribution in [0.15, 0.2) is 40.8 Å². The lowest BCUT2D eigenvalue weighted by Crippen LogP contribution is -2.38. The van der Waals surface area contributed by atoms with Crippen molar-refractivity contribution in [1.29, 1.82) is 5.26 Å². The molecule has 174 valence electrons. The van der Waals surface area contributed by atoms with Crippen LogP contribution in [-0.2, 0) is 6.42 Å². The highest BCUT2D eigenvalue weighted by Gasteiger charge is 2.30. The second-order valence-electron chi connectivity index (χ2n) is 9.32. The van der Waals surface area contributed by atoms with Gasteiger partial charge in [0.25, 0.3) is 5.91 Å². The van der Waals surface area contributed by atoms with Crippen LogP contribution >= 0.6 is 0 Å². The fourth-order valence-electron chi connectivity index (χ4n) is 5.16. The highest BCUT2D eigenvalue weighted by molar-refractivity contribution is 5.97. The molecule has 7 heteroatoms. The summed E-state index contributed by atoms with van der Waals surface area (Å²) < 4.78 is 5.57. The molecule has 0 unspecified atom stereocenters. The Kier molecular flexibility index (Phi) is 6.06. The van der Waals surface area contributed by atoms with Crippen LogP contribution in [-0.4, -0.2) is 34.1 Å². The van der Waals surface area contributed by atoms with E-state index in [1.807, 2.05) is 35.2 Å². The molecule has 7 nitrogen and oxygen atoms in total. The standard InChI is InChI=1S/C27H29N5O2/c1-2-18-14-22(21-4-3-5-21)24(25-30-31-27(29)34-25)15-23(18)26(33)32-12-10-20(11-13-32)19-8-6-17(16-28)7-9-19/h6-9,14-15,20-21H,2-5,10-13H2,1H3,(H2,29,31). The lowest BCUT2D eigenvalue weighted by Gasteiger charge is -2.33. The van der Waals surface area contributed by atoms with E-state index in [9.17, 15) is 4.79 Å². The van der Waals surface area contributed by atoms with Crippen molar-refractivity contribution in [2.75, 3.05) is 18.8 Å². The lowest BCUT2D eigenvalue weighted by atomic mass is 9.76. The van der Waals surface area contributed by atoms with E-state index in [1.165, 1.54) is 17.5 Å². The van der Waals surface area contributed by atoms with Crippen molar-refractivity contribution in [1.82, 2.24) is 15.1 Å². The molecule has 1 aliphatic carbocycles. The summed E-state index contributed by atoms with van der Waals surface area (Å²) in [5, 5.41) is 17.0. The zero-order chi connectivity index (χ0) is 23.7. The molecular weight excluding hydrogens is 426 g/mol. The van der Waals surface area contributed by atoms with Crippen molar-refractivity contribution in [3.05, 3.63) is 64.2 Å². The van der Waals surface area contributed by atoms with Crippen molar-refractivity contribution in [2.24, 2.45) is 0 Å². The third kappa shape index (κ3) is 4.16. The maximum Gasteiger partial charge on any atom is 0.313 e. The molecule has 0 bridgehead atoms. The van der Waals surface area contributed by atoms with Gasteiger partial charge in [-0.2, -0.15) is 5.26 Å². The van der Waals surface area contributed by atoms with Crippen LogP contribution in [0, 0.1) is 11.3 Å². The van der Waals surface area contributed by atoms with Gasteiger partial charge in [-0.25, -0.2) is 0 Å². The summed E-state index contributed by atoms with van der Waals surface area (Å²) in [7, 11) is 0. The fraction of sp³-hybridized carbons (Fsp3) is 0.407. The number of benzene rings is 2. The summed E-state index contributed by atoms with van der Waals surface area (Å²) in [5.41, 5.74) is 11.4. The van der Waals surface area contributed by atoms with Crippen molar-refractivity contribution in [2.45, 2.75) is 57.3 Å². The summed E-state index contributed by atoms with van der Waals surface area (Å²) >= 11 is 0. The van der Waals surface area contributed by atoms with Gasteiger partial charge in [0.2, 0.25) is 5.89 Å². The van der Waals surface area contributed by atoms with Gasteiger partial charge in [0, 0.05) is 24.2 Å². The number of aromatic nitrogens is 2. The summed E-state index contributed by atoms with van der Waals surface area (Å²) in [6.45, 7) is 3.51. The van der Waals surface area contributed by atoms with Gasteiger partial charge in [0.05, 0.1) is 11.6 Å². The Morgan fingerprint density at radius 2 is 1.85 bits per heavy atom. The van der Waals surface area contributed by atoms with Crippen LogP contribution in [0.2, 0.25) is 0 Å². The fourth-order valence-corrected chi connectivity index (χ4v) is 5.16. The van der Waals surface area contributed by atoms with Crippen LogP contribution in [0.3, 0.4) is 0 Å². The number of nitrogen functional groups attached to an aromatic ring is 1. The number of carbonyl (C=O) groups is 1. The molecular formula is C27H29N5O2. The molecule has 0 spiro atoms. The minimum absolute atomic E-state index is 0.0341. The van der Waals surface area contributed by atoms with E-state index in [-0.39, 0.29) is 11.9 Å². The molecule has 2 aliphatic rings. The van der Waals surface area contributed by atoms with Gasteiger partial charge in [-0.1, -0.05) is 36.6 Å². The summed E-state index contributed by atoms with van der Waals surface area (Å²) in [6, 6.07) is 14.2. The first-order chi connectivity index (χ1) is 16.6. The molecule has 5 rings (SSSR count). The van der Waals surface area contributed by atoms with Crippen molar-refractivity contribution in [3.63, 3.8) is 0 Å². The minimum Gasteiger partial charge on any atom is -0.404 e. The predicted molar refractivity (Wildman–Crippen MR) is 129 cm³/mol. The molecule has 1 aliphatic heterocycles. The topological polar surface area (TPSA) is 109 Å². The molecule has 0 radical (unpaired) electrons. The number of aryl methyl sites for hydroxylation is 1. The van der Waals surface area contributed by atoms with Crippen molar-refractivity contribution in [3.8, 4) is 17.5 Å². The van der Waals surface area contributed by atoms with Crippen LogP contribution in [0.25, 0.3) is 11.5 Å². The number of anilines is 1. The first kappa shape index (κ1) is 22.1. The Hall–Kier alpha value is -3.66. The van der Waals surface area contributed by atoms with Crippen LogP contribution in [0.4, 0.5) is 6.01 Å². The number of rotatable bonds is 5. The third-order valence-electron chi connectivity index (χ3n) is 7.40.